The molecule has 0 fully saturated rings. The van der Waals surface area contributed by atoms with Crippen LogP contribution in [0.25, 0.3) is 0 Å². The van der Waals surface area contributed by atoms with Gasteiger partial charge in [0.25, 0.3) is 5.91 Å². The van der Waals surface area contributed by atoms with Gasteiger partial charge in [0.05, 0.1) is 6.54 Å². The van der Waals surface area contributed by atoms with Gasteiger partial charge in [-0.25, -0.2) is 0 Å². The first-order valence-electron chi connectivity index (χ1n) is 11.1. The van der Waals surface area contributed by atoms with Crippen molar-refractivity contribution in [3.63, 3.8) is 0 Å². The first-order chi connectivity index (χ1) is 14.8. The van der Waals surface area contributed by atoms with E-state index in [0.717, 1.165) is 25.3 Å². The van der Waals surface area contributed by atoms with Gasteiger partial charge in [-0.05, 0) is 68.5 Å². The Kier molecular flexibility index (Phi) is 6.01. The number of benzene rings is 2. The van der Waals surface area contributed by atoms with Crippen LogP contribution in [0.2, 0.25) is 0 Å². The number of amides is 1. The predicted octanol–water partition coefficient (Wildman–Crippen LogP) is 5.59. The summed E-state index contributed by atoms with van der Waals surface area (Å²) in [6, 6.07) is 20.6. The van der Waals surface area contributed by atoms with Crippen molar-refractivity contribution in [2.75, 3.05) is 6.54 Å². The number of carbonyl (C=O) groups is 1. The van der Waals surface area contributed by atoms with Crippen LogP contribution in [0.1, 0.15) is 59.3 Å². The fourth-order valence-corrected chi connectivity index (χ4v) is 4.11. The van der Waals surface area contributed by atoms with Gasteiger partial charge in [-0.3, -0.25) is 9.69 Å². The van der Waals surface area contributed by atoms with Gasteiger partial charge < -0.3 is 9.32 Å². The third-order valence-corrected chi connectivity index (χ3v) is 6.21. The predicted molar refractivity (Wildman–Crippen MR) is 124 cm³/mol. The summed E-state index contributed by atoms with van der Waals surface area (Å²) in [5.41, 5.74) is 5.13. The van der Waals surface area contributed by atoms with Crippen LogP contribution in [0, 0.1) is 6.92 Å². The molecule has 2 heterocycles. The highest BCUT2D eigenvalue weighted by Crippen LogP contribution is 2.25. The summed E-state index contributed by atoms with van der Waals surface area (Å²) < 4.78 is 6.05. The van der Waals surface area contributed by atoms with Gasteiger partial charge in [0.2, 0.25) is 0 Å². The lowest BCUT2D eigenvalue weighted by molar-refractivity contribution is 0.0691. The van der Waals surface area contributed by atoms with Crippen LogP contribution in [-0.4, -0.2) is 27.8 Å². The van der Waals surface area contributed by atoms with E-state index in [1.807, 2.05) is 23.1 Å². The zero-order valence-corrected chi connectivity index (χ0v) is 19.0. The number of carbonyl (C=O) groups excluding carboxylic acids is 1. The molecule has 4 rings (SSSR count). The van der Waals surface area contributed by atoms with Gasteiger partial charge >= 0.3 is 0 Å². The van der Waals surface area contributed by atoms with Gasteiger partial charge in [-0.15, -0.1) is 0 Å². The van der Waals surface area contributed by atoms with E-state index < -0.39 is 0 Å². The van der Waals surface area contributed by atoms with E-state index >= 15 is 0 Å². The second-order valence-corrected chi connectivity index (χ2v) is 9.46. The average Bonchev–Trinajstić information content (AvgIpc) is 3.22. The van der Waals surface area contributed by atoms with Gasteiger partial charge in [0.15, 0.2) is 5.76 Å². The van der Waals surface area contributed by atoms with Gasteiger partial charge in [-0.2, -0.15) is 0 Å². The highest BCUT2D eigenvalue weighted by Gasteiger charge is 2.26. The normalized spacial score (nSPS) is 14.0. The molecule has 0 unspecified atom stereocenters. The number of rotatable bonds is 5. The molecule has 4 nitrogen and oxygen atoms in total. The van der Waals surface area contributed by atoms with E-state index in [2.05, 4.69) is 75.1 Å². The zero-order chi connectivity index (χ0) is 22.0. The topological polar surface area (TPSA) is 36.7 Å². The Labute approximate surface area is 185 Å². The van der Waals surface area contributed by atoms with Crippen LogP contribution in [0.4, 0.5) is 0 Å². The van der Waals surface area contributed by atoms with Gasteiger partial charge in [0.1, 0.15) is 5.76 Å². The second kappa shape index (κ2) is 8.72. The Bertz CT molecular complexity index is 1060. The molecule has 0 saturated carbocycles. The summed E-state index contributed by atoms with van der Waals surface area (Å²) in [5.74, 6) is 1.23. The standard InChI is InChI=1S/C27H32N2O2/c1-20-9-5-6-11-22(20)18-29(27(2,3)4)19-24-13-14-25(31-24)26(30)28-16-15-21-10-7-8-12-23(21)17-28/h5-14H,15-19H2,1-4H3. The van der Waals surface area contributed by atoms with Crippen molar-refractivity contribution in [2.24, 2.45) is 0 Å². The Balaban J connectivity index is 1.47. The smallest absolute Gasteiger partial charge is 0.289 e. The molecule has 4 heteroatoms. The quantitative estimate of drug-likeness (QED) is 0.544. The van der Waals surface area contributed by atoms with Crippen molar-refractivity contribution >= 4 is 5.91 Å². The van der Waals surface area contributed by atoms with Crippen molar-refractivity contribution in [3.8, 4) is 0 Å². The average molecular weight is 417 g/mol. The Morgan fingerprint density at radius 2 is 1.68 bits per heavy atom. The number of aryl methyl sites for hydroxylation is 1. The summed E-state index contributed by atoms with van der Waals surface area (Å²) in [6.45, 7) is 11.7. The van der Waals surface area contributed by atoms with Crippen molar-refractivity contribution in [1.29, 1.82) is 0 Å². The molecule has 3 aromatic rings. The maximum atomic E-state index is 13.1. The molecular weight excluding hydrogens is 384 g/mol. The summed E-state index contributed by atoms with van der Waals surface area (Å²) in [5, 5.41) is 0. The molecule has 2 aromatic carbocycles. The van der Waals surface area contributed by atoms with Crippen molar-refractivity contribution in [1.82, 2.24) is 9.80 Å². The molecule has 1 aromatic heterocycles. The van der Waals surface area contributed by atoms with Crippen molar-refractivity contribution < 1.29 is 9.21 Å². The van der Waals surface area contributed by atoms with Gasteiger partial charge in [0, 0.05) is 25.2 Å². The molecule has 162 valence electrons. The van der Waals surface area contributed by atoms with Crippen molar-refractivity contribution in [2.45, 2.75) is 59.3 Å². The van der Waals surface area contributed by atoms with E-state index in [1.165, 1.54) is 22.3 Å². The van der Waals surface area contributed by atoms with E-state index in [4.69, 9.17) is 4.42 Å². The minimum atomic E-state index is -0.0319. The molecule has 0 spiro atoms. The molecule has 0 saturated heterocycles. The first-order valence-corrected chi connectivity index (χ1v) is 11.1. The summed E-state index contributed by atoms with van der Waals surface area (Å²) in [6.07, 6.45) is 0.893. The van der Waals surface area contributed by atoms with Gasteiger partial charge in [-0.1, -0.05) is 48.5 Å². The largest absolute Gasteiger partial charge is 0.455 e. The minimum absolute atomic E-state index is 0.0260. The maximum Gasteiger partial charge on any atom is 0.289 e. The van der Waals surface area contributed by atoms with Crippen molar-refractivity contribution in [3.05, 3.63) is 94.4 Å². The summed E-state index contributed by atoms with van der Waals surface area (Å²) >= 11 is 0. The molecule has 1 amide bonds. The molecule has 1 aliphatic heterocycles. The number of hydrogen-bond donors (Lipinski definition) is 0. The minimum Gasteiger partial charge on any atom is -0.455 e. The van der Waals surface area contributed by atoms with Crippen LogP contribution >= 0.6 is 0 Å². The third-order valence-electron chi connectivity index (χ3n) is 6.21. The van der Waals surface area contributed by atoms with Crippen LogP contribution in [-0.2, 0) is 26.1 Å². The first kappa shape index (κ1) is 21.4. The molecule has 0 atom stereocenters. The van der Waals surface area contributed by atoms with Crippen LogP contribution in [0.15, 0.2) is 65.1 Å². The number of hydrogen-bond acceptors (Lipinski definition) is 3. The molecule has 0 N–H and O–H groups in total. The van der Waals surface area contributed by atoms with E-state index in [-0.39, 0.29) is 11.4 Å². The maximum absolute atomic E-state index is 13.1. The Morgan fingerprint density at radius 3 is 2.42 bits per heavy atom. The summed E-state index contributed by atoms with van der Waals surface area (Å²) in [7, 11) is 0. The molecular formula is C27H32N2O2. The fourth-order valence-electron chi connectivity index (χ4n) is 4.11. The third kappa shape index (κ3) is 4.91. The SMILES string of the molecule is Cc1ccccc1CN(Cc1ccc(C(=O)N2CCc3ccccc3C2)o1)C(C)(C)C. The lowest BCUT2D eigenvalue weighted by Gasteiger charge is -2.35. The lowest BCUT2D eigenvalue weighted by atomic mass is 10.00. The molecule has 31 heavy (non-hydrogen) atoms. The van der Waals surface area contributed by atoms with Crippen LogP contribution < -0.4 is 0 Å². The lowest BCUT2D eigenvalue weighted by Crippen LogP contribution is -2.40. The zero-order valence-electron chi connectivity index (χ0n) is 19.0. The summed E-state index contributed by atoms with van der Waals surface area (Å²) in [4.78, 5) is 17.3. The highest BCUT2D eigenvalue weighted by molar-refractivity contribution is 5.91. The number of nitrogens with zero attached hydrogens (tertiary/aromatic N) is 2. The Hall–Kier alpha value is -2.85. The van der Waals surface area contributed by atoms with E-state index in [0.29, 0.717) is 18.8 Å². The van der Waals surface area contributed by atoms with Crippen LogP contribution in [0.5, 0.6) is 0 Å². The number of furan rings is 1. The molecule has 0 aliphatic carbocycles. The monoisotopic (exact) mass is 416 g/mol. The number of fused-ring (bicyclic) bond motifs is 1. The van der Waals surface area contributed by atoms with E-state index in [1.54, 1.807) is 0 Å². The van der Waals surface area contributed by atoms with E-state index in [9.17, 15) is 4.79 Å². The molecule has 1 aliphatic rings. The Morgan fingerprint density at radius 1 is 0.968 bits per heavy atom. The second-order valence-electron chi connectivity index (χ2n) is 9.46. The highest BCUT2D eigenvalue weighted by atomic mass is 16.4. The molecule has 0 radical (unpaired) electrons. The molecule has 0 bridgehead atoms. The fraction of sp³-hybridized carbons (Fsp3) is 0.370. The van der Waals surface area contributed by atoms with Crippen LogP contribution in [0.3, 0.4) is 0 Å².